The average molecular weight is 478 g/mol. The fraction of sp³-hybridized carbons (Fsp3) is 0.346. The molecule has 1 aliphatic heterocycles. The summed E-state index contributed by atoms with van der Waals surface area (Å²) in [6.07, 6.45) is 4.16. The van der Waals surface area contributed by atoms with E-state index >= 15 is 0 Å². The van der Waals surface area contributed by atoms with Gasteiger partial charge >= 0.3 is 0 Å². The summed E-state index contributed by atoms with van der Waals surface area (Å²) in [6.45, 7) is 5.85. The number of hydrogen-bond acceptors (Lipinski definition) is 4. The summed E-state index contributed by atoms with van der Waals surface area (Å²) >= 11 is 5.74. The number of rotatable bonds is 9. The first-order valence-electron chi connectivity index (χ1n) is 11.5. The maximum absolute atomic E-state index is 12.9. The molecule has 2 atom stereocenters. The van der Waals surface area contributed by atoms with Gasteiger partial charge in [-0.15, -0.1) is 0 Å². The van der Waals surface area contributed by atoms with E-state index in [0.29, 0.717) is 24.7 Å². The summed E-state index contributed by atoms with van der Waals surface area (Å²) in [4.78, 5) is 19.6. The number of anilines is 1. The molecule has 0 saturated carbocycles. The third-order valence-electron chi connectivity index (χ3n) is 6.15. The van der Waals surface area contributed by atoms with Gasteiger partial charge in [0.25, 0.3) is 0 Å². The minimum absolute atomic E-state index is 0.0358. The van der Waals surface area contributed by atoms with Crippen LogP contribution in [-0.4, -0.2) is 45.7 Å². The number of nitrogens with zero attached hydrogens (tertiary/aromatic N) is 3. The summed E-state index contributed by atoms with van der Waals surface area (Å²) in [5.41, 5.74) is 5.03. The molecule has 178 valence electrons. The van der Waals surface area contributed by atoms with Crippen LogP contribution < -0.4 is 10.6 Å². The molecule has 1 aromatic carbocycles. The van der Waals surface area contributed by atoms with Crippen LogP contribution in [0.2, 0.25) is 0 Å². The zero-order valence-electron chi connectivity index (χ0n) is 19.8. The molecule has 2 aromatic heterocycles. The average Bonchev–Trinajstić information content (AvgIpc) is 3.42. The highest BCUT2D eigenvalue weighted by Crippen LogP contribution is 2.38. The van der Waals surface area contributed by atoms with Crippen LogP contribution in [0, 0.1) is 13.8 Å². The first-order valence-corrected chi connectivity index (χ1v) is 11.9. The number of amides is 1. The number of pyridine rings is 1. The van der Waals surface area contributed by atoms with Crippen molar-refractivity contribution in [2.24, 2.45) is 0 Å². The smallest absolute Gasteiger partial charge is 0.226 e. The molecule has 3 aromatic rings. The summed E-state index contributed by atoms with van der Waals surface area (Å²) in [7, 11) is 1.70. The van der Waals surface area contributed by atoms with Gasteiger partial charge in [-0.1, -0.05) is 18.2 Å². The fourth-order valence-electron chi connectivity index (χ4n) is 4.36. The van der Waals surface area contributed by atoms with Crippen molar-refractivity contribution in [1.82, 2.24) is 19.8 Å². The number of nitrogens with one attached hydrogen (secondary N) is 2. The van der Waals surface area contributed by atoms with Crippen LogP contribution in [0.4, 0.5) is 5.69 Å². The Morgan fingerprint density at radius 2 is 2.03 bits per heavy atom. The van der Waals surface area contributed by atoms with Crippen LogP contribution in [0.1, 0.15) is 41.0 Å². The number of thiocarbonyl (C=S) groups is 1. The topological polar surface area (TPSA) is 71.4 Å². The second-order valence-corrected chi connectivity index (χ2v) is 8.94. The van der Waals surface area contributed by atoms with Gasteiger partial charge in [0.15, 0.2) is 5.11 Å². The molecule has 0 unspecified atom stereocenters. The van der Waals surface area contributed by atoms with E-state index in [0.717, 1.165) is 34.7 Å². The Morgan fingerprint density at radius 3 is 2.79 bits per heavy atom. The normalized spacial score (nSPS) is 17.6. The molecule has 7 nitrogen and oxygen atoms in total. The van der Waals surface area contributed by atoms with E-state index in [1.54, 1.807) is 13.3 Å². The number of benzene rings is 1. The third kappa shape index (κ3) is 5.29. The number of ether oxygens (including phenoxy) is 1. The van der Waals surface area contributed by atoms with Gasteiger partial charge in [0, 0.05) is 50.4 Å². The fourth-order valence-corrected chi connectivity index (χ4v) is 4.69. The standard InChI is InChI=1S/C26H31N5O2S/c1-18-9-10-19(2)21(17-18)28-23(32)11-14-31-25(22-8-6-13-30(22)15-16-33-3)24(29-26(31)34)20-7-4-5-12-27-20/h4-10,12-13,17,24-25H,11,14-16H2,1-3H3,(H,28,32)(H,29,34)/t24-,25+/m0/s1. The second kappa shape index (κ2) is 10.8. The van der Waals surface area contributed by atoms with Gasteiger partial charge in [0.05, 0.1) is 24.4 Å². The van der Waals surface area contributed by atoms with Crippen molar-refractivity contribution in [3.63, 3.8) is 0 Å². The highest BCUT2D eigenvalue weighted by atomic mass is 32.1. The minimum Gasteiger partial charge on any atom is -0.383 e. The van der Waals surface area contributed by atoms with Gasteiger partial charge in [-0.3, -0.25) is 9.78 Å². The lowest BCUT2D eigenvalue weighted by Gasteiger charge is -2.28. The molecule has 0 radical (unpaired) electrons. The first kappa shape index (κ1) is 23.9. The van der Waals surface area contributed by atoms with Crippen molar-refractivity contribution in [2.45, 2.75) is 38.9 Å². The van der Waals surface area contributed by atoms with Gasteiger partial charge in [-0.2, -0.15) is 0 Å². The number of hydrogen-bond donors (Lipinski definition) is 2. The molecule has 0 bridgehead atoms. The predicted octanol–water partition coefficient (Wildman–Crippen LogP) is 4.15. The largest absolute Gasteiger partial charge is 0.383 e. The van der Waals surface area contributed by atoms with E-state index in [1.165, 1.54) is 0 Å². The highest BCUT2D eigenvalue weighted by molar-refractivity contribution is 7.80. The van der Waals surface area contributed by atoms with E-state index in [4.69, 9.17) is 17.0 Å². The Balaban J connectivity index is 1.56. The van der Waals surface area contributed by atoms with Crippen molar-refractivity contribution in [3.8, 4) is 0 Å². The van der Waals surface area contributed by atoms with Gasteiger partial charge in [0.2, 0.25) is 5.91 Å². The Hall–Kier alpha value is -3.23. The van der Waals surface area contributed by atoms with Crippen molar-refractivity contribution < 1.29 is 9.53 Å². The monoisotopic (exact) mass is 477 g/mol. The van der Waals surface area contributed by atoms with Gasteiger partial charge in [-0.25, -0.2) is 0 Å². The summed E-state index contributed by atoms with van der Waals surface area (Å²) < 4.78 is 7.49. The molecule has 4 rings (SSSR count). The molecule has 0 aliphatic carbocycles. The lowest BCUT2D eigenvalue weighted by molar-refractivity contribution is -0.116. The Labute approximate surface area is 206 Å². The van der Waals surface area contributed by atoms with Gasteiger partial charge in [-0.05, 0) is 67.5 Å². The zero-order chi connectivity index (χ0) is 24.1. The van der Waals surface area contributed by atoms with Crippen LogP contribution in [0.5, 0.6) is 0 Å². The number of carbonyl (C=O) groups is 1. The first-order chi connectivity index (χ1) is 16.5. The van der Waals surface area contributed by atoms with E-state index in [1.807, 2.05) is 56.3 Å². The molecule has 8 heteroatoms. The van der Waals surface area contributed by atoms with Crippen LogP contribution in [0.25, 0.3) is 0 Å². The summed E-state index contributed by atoms with van der Waals surface area (Å²) in [5.74, 6) is -0.0358. The van der Waals surface area contributed by atoms with E-state index < -0.39 is 0 Å². The zero-order valence-corrected chi connectivity index (χ0v) is 20.6. The molecular formula is C26H31N5O2S. The predicted molar refractivity (Wildman–Crippen MR) is 138 cm³/mol. The van der Waals surface area contributed by atoms with Gasteiger partial charge < -0.3 is 24.8 Å². The highest BCUT2D eigenvalue weighted by Gasteiger charge is 2.41. The second-order valence-electron chi connectivity index (χ2n) is 8.56. The maximum atomic E-state index is 12.9. The Morgan fingerprint density at radius 1 is 1.18 bits per heavy atom. The van der Waals surface area contributed by atoms with E-state index in [2.05, 4.69) is 37.3 Å². The molecule has 3 heterocycles. The number of carbonyl (C=O) groups excluding carboxylic acids is 1. The molecule has 0 spiro atoms. The van der Waals surface area contributed by atoms with Gasteiger partial charge in [0.1, 0.15) is 0 Å². The summed E-state index contributed by atoms with van der Waals surface area (Å²) in [5, 5.41) is 7.13. The Kier molecular flexibility index (Phi) is 7.59. The third-order valence-corrected chi connectivity index (χ3v) is 6.50. The number of aryl methyl sites for hydroxylation is 2. The number of aromatic nitrogens is 2. The quantitative estimate of drug-likeness (QED) is 0.451. The molecule has 2 N–H and O–H groups in total. The lowest BCUT2D eigenvalue weighted by atomic mass is 10.0. The Bertz CT molecular complexity index is 1150. The van der Waals surface area contributed by atoms with E-state index in [-0.39, 0.29) is 18.0 Å². The number of methoxy groups -OCH3 is 1. The van der Waals surface area contributed by atoms with Crippen LogP contribution in [-0.2, 0) is 16.1 Å². The van der Waals surface area contributed by atoms with Crippen molar-refractivity contribution in [2.75, 3.05) is 25.6 Å². The SMILES string of the molecule is COCCn1cccc1[C@@H]1[C@H](c2ccccn2)NC(=S)N1CCC(=O)Nc1cc(C)ccc1C. The molecular weight excluding hydrogens is 446 g/mol. The van der Waals surface area contributed by atoms with E-state index in [9.17, 15) is 4.79 Å². The molecule has 1 aliphatic rings. The summed E-state index contributed by atoms with van der Waals surface area (Å²) in [6, 6.07) is 15.9. The molecule has 34 heavy (non-hydrogen) atoms. The lowest BCUT2D eigenvalue weighted by Crippen LogP contribution is -2.33. The van der Waals surface area contributed by atoms with Crippen molar-refractivity contribution >= 4 is 28.9 Å². The van der Waals surface area contributed by atoms with Crippen LogP contribution >= 0.6 is 12.2 Å². The maximum Gasteiger partial charge on any atom is 0.226 e. The molecule has 1 saturated heterocycles. The van der Waals surface area contributed by atoms with Crippen LogP contribution in [0.3, 0.4) is 0 Å². The van der Waals surface area contributed by atoms with Crippen LogP contribution in [0.15, 0.2) is 60.9 Å². The molecule has 1 fully saturated rings. The van der Waals surface area contributed by atoms with Crippen molar-refractivity contribution in [3.05, 3.63) is 83.4 Å². The molecule has 1 amide bonds. The minimum atomic E-state index is -0.119. The van der Waals surface area contributed by atoms with Crippen molar-refractivity contribution in [1.29, 1.82) is 0 Å².